The molecule has 26 heavy (non-hydrogen) atoms. The van der Waals surface area contributed by atoms with Crippen LogP contribution in [0.3, 0.4) is 0 Å². The highest BCUT2D eigenvalue weighted by Gasteiger charge is 2.26. The summed E-state index contributed by atoms with van der Waals surface area (Å²) >= 11 is 0. The van der Waals surface area contributed by atoms with Gasteiger partial charge in [-0.15, -0.1) is 0 Å². The predicted octanol–water partition coefficient (Wildman–Crippen LogP) is 1.69. The molecule has 1 N–H and O–H groups in total. The Bertz CT molecular complexity index is 711. The SMILES string of the molecule is C[C@@H](C(=O)Nc1ccc(N(C)C)cc1)N1CCN(c2ncccn2)CC1. The fourth-order valence-electron chi connectivity index (χ4n) is 3.02. The van der Waals surface area contributed by atoms with Crippen LogP contribution in [0, 0.1) is 0 Å². The fraction of sp³-hybridized carbons (Fsp3) is 0.421. The lowest BCUT2D eigenvalue weighted by Gasteiger charge is -2.37. The van der Waals surface area contributed by atoms with E-state index in [-0.39, 0.29) is 11.9 Å². The van der Waals surface area contributed by atoms with E-state index in [0.29, 0.717) is 0 Å². The van der Waals surface area contributed by atoms with Crippen molar-refractivity contribution in [1.29, 1.82) is 0 Å². The second-order valence-electron chi connectivity index (χ2n) is 6.68. The van der Waals surface area contributed by atoms with Gasteiger partial charge in [0.2, 0.25) is 11.9 Å². The molecule has 2 heterocycles. The molecule has 3 rings (SSSR count). The van der Waals surface area contributed by atoms with Crippen molar-refractivity contribution in [2.45, 2.75) is 13.0 Å². The van der Waals surface area contributed by atoms with E-state index in [1.807, 2.05) is 56.3 Å². The Morgan fingerprint density at radius 3 is 2.27 bits per heavy atom. The average molecular weight is 354 g/mol. The highest BCUT2D eigenvalue weighted by Crippen LogP contribution is 2.17. The second kappa shape index (κ2) is 8.14. The number of nitrogens with one attached hydrogen (secondary N) is 1. The molecule has 7 heteroatoms. The third-order valence-corrected chi connectivity index (χ3v) is 4.73. The highest BCUT2D eigenvalue weighted by molar-refractivity contribution is 5.94. The maximum absolute atomic E-state index is 12.6. The molecule has 1 aliphatic heterocycles. The molecule has 1 fully saturated rings. The Kier molecular flexibility index (Phi) is 5.68. The van der Waals surface area contributed by atoms with Gasteiger partial charge in [0, 0.05) is 64.0 Å². The molecule has 1 saturated heterocycles. The number of piperazine rings is 1. The van der Waals surface area contributed by atoms with E-state index in [4.69, 9.17) is 0 Å². The maximum atomic E-state index is 12.6. The molecule has 0 radical (unpaired) electrons. The number of anilines is 3. The van der Waals surface area contributed by atoms with Crippen molar-refractivity contribution in [3.8, 4) is 0 Å². The van der Waals surface area contributed by atoms with Gasteiger partial charge in [-0.3, -0.25) is 9.69 Å². The van der Waals surface area contributed by atoms with Crippen molar-refractivity contribution in [2.24, 2.45) is 0 Å². The minimum absolute atomic E-state index is 0.0204. The third-order valence-electron chi connectivity index (χ3n) is 4.73. The van der Waals surface area contributed by atoms with Gasteiger partial charge < -0.3 is 15.1 Å². The topological polar surface area (TPSA) is 64.6 Å². The molecular formula is C19H26N6O. The molecule has 0 spiro atoms. The van der Waals surface area contributed by atoms with Crippen LogP contribution < -0.4 is 15.1 Å². The van der Waals surface area contributed by atoms with Gasteiger partial charge >= 0.3 is 0 Å². The predicted molar refractivity (Wildman–Crippen MR) is 105 cm³/mol. The first-order chi connectivity index (χ1) is 12.5. The molecule has 1 aromatic heterocycles. The molecule has 0 aliphatic carbocycles. The molecular weight excluding hydrogens is 328 g/mol. The number of amides is 1. The third kappa shape index (κ3) is 4.29. The summed E-state index contributed by atoms with van der Waals surface area (Å²) in [5.74, 6) is 0.775. The van der Waals surface area contributed by atoms with Gasteiger partial charge in [-0.1, -0.05) is 0 Å². The molecule has 1 aromatic carbocycles. The van der Waals surface area contributed by atoms with E-state index in [0.717, 1.165) is 43.5 Å². The standard InChI is InChI=1S/C19H26N6O/c1-15(18(26)22-16-5-7-17(8-6-16)23(2)3)24-11-13-25(14-12-24)19-20-9-4-10-21-19/h4-10,15H,11-14H2,1-3H3,(H,22,26)/t15-/m0/s1. The lowest BCUT2D eigenvalue weighted by Crippen LogP contribution is -2.53. The van der Waals surface area contributed by atoms with Crippen molar-refractivity contribution in [3.05, 3.63) is 42.7 Å². The van der Waals surface area contributed by atoms with E-state index in [1.54, 1.807) is 12.4 Å². The summed E-state index contributed by atoms with van der Waals surface area (Å²) in [5, 5.41) is 3.01. The molecule has 1 aliphatic rings. The summed E-state index contributed by atoms with van der Waals surface area (Å²) < 4.78 is 0. The van der Waals surface area contributed by atoms with Gasteiger partial charge in [0.25, 0.3) is 0 Å². The lowest BCUT2D eigenvalue weighted by molar-refractivity contribution is -0.120. The van der Waals surface area contributed by atoms with Gasteiger partial charge in [0.15, 0.2) is 0 Å². The van der Waals surface area contributed by atoms with E-state index in [9.17, 15) is 4.79 Å². The van der Waals surface area contributed by atoms with E-state index < -0.39 is 0 Å². The first-order valence-electron chi connectivity index (χ1n) is 8.89. The molecule has 0 unspecified atom stereocenters. The fourth-order valence-corrected chi connectivity index (χ4v) is 3.02. The summed E-state index contributed by atoms with van der Waals surface area (Å²) in [6.07, 6.45) is 3.51. The van der Waals surface area contributed by atoms with Gasteiger partial charge in [-0.25, -0.2) is 9.97 Å². The Balaban J connectivity index is 1.53. The number of benzene rings is 1. The summed E-state index contributed by atoms with van der Waals surface area (Å²) in [6.45, 7) is 5.22. The van der Waals surface area contributed by atoms with E-state index in [1.165, 1.54) is 0 Å². The Hall–Kier alpha value is -2.67. The average Bonchev–Trinajstić information content (AvgIpc) is 2.68. The normalized spacial score (nSPS) is 16.2. The zero-order valence-corrected chi connectivity index (χ0v) is 15.6. The quantitative estimate of drug-likeness (QED) is 0.882. The van der Waals surface area contributed by atoms with Gasteiger partial charge in [0.05, 0.1) is 6.04 Å². The van der Waals surface area contributed by atoms with Crippen LogP contribution in [0.25, 0.3) is 0 Å². The highest BCUT2D eigenvalue weighted by atomic mass is 16.2. The monoisotopic (exact) mass is 354 g/mol. The Labute approximate surface area is 154 Å². The van der Waals surface area contributed by atoms with Crippen molar-refractivity contribution >= 4 is 23.2 Å². The molecule has 1 amide bonds. The summed E-state index contributed by atoms with van der Waals surface area (Å²) in [6, 6.07) is 9.51. The van der Waals surface area contributed by atoms with Crippen LogP contribution in [0.5, 0.6) is 0 Å². The van der Waals surface area contributed by atoms with Gasteiger partial charge in [-0.2, -0.15) is 0 Å². The number of hydrogen-bond donors (Lipinski definition) is 1. The first kappa shape index (κ1) is 18.1. The molecule has 2 aromatic rings. The lowest BCUT2D eigenvalue weighted by atomic mass is 10.2. The van der Waals surface area contributed by atoms with Crippen LogP contribution in [-0.2, 0) is 4.79 Å². The van der Waals surface area contributed by atoms with Crippen molar-refractivity contribution in [3.63, 3.8) is 0 Å². The molecule has 138 valence electrons. The smallest absolute Gasteiger partial charge is 0.241 e. The first-order valence-corrected chi connectivity index (χ1v) is 8.89. The number of carbonyl (C=O) groups excluding carboxylic acids is 1. The maximum Gasteiger partial charge on any atom is 0.241 e. The second-order valence-corrected chi connectivity index (χ2v) is 6.68. The van der Waals surface area contributed by atoms with E-state index in [2.05, 4.69) is 25.1 Å². The molecule has 0 saturated carbocycles. The summed E-state index contributed by atoms with van der Waals surface area (Å²) in [4.78, 5) is 27.6. The van der Waals surface area contributed by atoms with Crippen LogP contribution in [0.4, 0.5) is 17.3 Å². The Morgan fingerprint density at radius 2 is 1.69 bits per heavy atom. The molecule has 7 nitrogen and oxygen atoms in total. The zero-order valence-electron chi connectivity index (χ0n) is 15.6. The zero-order chi connectivity index (χ0) is 18.5. The van der Waals surface area contributed by atoms with Gasteiger partial charge in [-0.05, 0) is 37.3 Å². The number of carbonyl (C=O) groups is 1. The molecule has 1 atom stereocenters. The minimum atomic E-state index is -0.178. The minimum Gasteiger partial charge on any atom is -0.378 e. The number of nitrogens with zero attached hydrogens (tertiary/aromatic N) is 5. The van der Waals surface area contributed by atoms with Crippen LogP contribution >= 0.6 is 0 Å². The van der Waals surface area contributed by atoms with Crippen molar-refractivity contribution in [2.75, 3.05) is 55.4 Å². The van der Waals surface area contributed by atoms with Crippen LogP contribution in [0.1, 0.15) is 6.92 Å². The summed E-state index contributed by atoms with van der Waals surface area (Å²) in [7, 11) is 3.99. The largest absolute Gasteiger partial charge is 0.378 e. The van der Waals surface area contributed by atoms with Crippen molar-refractivity contribution < 1.29 is 4.79 Å². The van der Waals surface area contributed by atoms with Crippen molar-refractivity contribution in [1.82, 2.24) is 14.9 Å². The number of rotatable bonds is 5. The van der Waals surface area contributed by atoms with Crippen LogP contribution in [0.15, 0.2) is 42.7 Å². The number of hydrogen-bond acceptors (Lipinski definition) is 6. The number of aromatic nitrogens is 2. The van der Waals surface area contributed by atoms with Gasteiger partial charge in [0.1, 0.15) is 0 Å². The Morgan fingerprint density at radius 1 is 1.08 bits per heavy atom. The summed E-state index contributed by atoms with van der Waals surface area (Å²) in [5.41, 5.74) is 1.93. The van der Waals surface area contributed by atoms with E-state index >= 15 is 0 Å². The van der Waals surface area contributed by atoms with Crippen LogP contribution in [-0.4, -0.2) is 67.1 Å². The van der Waals surface area contributed by atoms with Crippen LogP contribution in [0.2, 0.25) is 0 Å². The molecule has 0 bridgehead atoms.